The summed E-state index contributed by atoms with van der Waals surface area (Å²) in [4.78, 5) is 20.4. The standard InChI is InChI=1S/C15H25N3O3/c1-15(2,3)21-14(20)18-9-7-17(8-10-18)13-12(11-19)5-4-6-16-13/h4-6,12-13,19H,7-11H2,1-3H3. The van der Waals surface area contributed by atoms with Crippen LogP contribution in [0.1, 0.15) is 20.8 Å². The Kier molecular flexibility index (Phi) is 5.00. The number of amides is 1. The van der Waals surface area contributed by atoms with Crippen molar-refractivity contribution in [2.24, 2.45) is 10.9 Å². The van der Waals surface area contributed by atoms with Gasteiger partial charge in [-0.2, -0.15) is 0 Å². The minimum Gasteiger partial charge on any atom is -0.444 e. The lowest BCUT2D eigenvalue weighted by molar-refractivity contribution is 0.00668. The van der Waals surface area contributed by atoms with Crippen molar-refractivity contribution in [1.82, 2.24) is 9.80 Å². The molecular formula is C15H25N3O3. The Hall–Kier alpha value is -1.40. The Bertz CT molecular complexity index is 420. The van der Waals surface area contributed by atoms with E-state index in [0.29, 0.717) is 13.1 Å². The monoisotopic (exact) mass is 295 g/mol. The third-order valence-corrected chi connectivity index (χ3v) is 3.62. The Morgan fingerprint density at radius 2 is 2.00 bits per heavy atom. The first-order valence-corrected chi connectivity index (χ1v) is 7.43. The van der Waals surface area contributed by atoms with Gasteiger partial charge in [0.1, 0.15) is 11.8 Å². The highest BCUT2D eigenvalue weighted by Crippen LogP contribution is 2.19. The molecule has 1 amide bonds. The summed E-state index contributed by atoms with van der Waals surface area (Å²) in [5.74, 6) is 0.0306. The van der Waals surface area contributed by atoms with E-state index in [1.807, 2.05) is 32.9 Å². The number of aliphatic hydroxyl groups is 1. The highest BCUT2D eigenvalue weighted by molar-refractivity contribution is 5.72. The number of hydrogen-bond donors (Lipinski definition) is 1. The predicted molar refractivity (Wildman–Crippen MR) is 81.4 cm³/mol. The zero-order chi connectivity index (χ0) is 15.5. The van der Waals surface area contributed by atoms with Crippen molar-refractivity contribution in [2.45, 2.75) is 32.5 Å². The quantitative estimate of drug-likeness (QED) is 0.829. The molecule has 2 atom stereocenters. The van der Waals surface area contributed by atoms with Crippen LogP contribution < -0.4 is 0 Å². The average Bonchev–Trinajstić information content (AvgIpc) is 2.45. The molecule has 0 aliphatic carbocycles. The molecule has 2 rings (SSSR count). The lowest BCUT2D eigenvalue weighted by Gasteiger charge is -2.40. The maximum atomic E-state index is 12.0. The topological polar surface area (TPSA) is 65.4 Å². The summed E-state index contributed by atoms with van der Waals surface area (Å²) in [6.07, 6.45) is 5.34. The molecule has 21 heavy (non-hydrogen) atoms. The molecule has 2 heterocycles. The Morgan fingerprint density at radius 3 is 2.57 bits per heavy atom. The van der Waals surface area contributed by atoms with E-state index in [1.165, 1.54) is 0 Å². The summed E-state index contributed by atoms with van der Waals surface area (Å²) in [7, 11) is 0. The molecule has 0 aromatic rings. The van der Waals surface area contributed by atoms with Gasteiger partial charge in [-0.15, -0.1) is 0 Å². The highest BCUT2D eigenvalue weighted by atomic mass is 16.6. The van der Waals surface area contributed by atoms with Gasteiger partial charge in [0.25, 0.3) is 0 Å². The van der Waals surface area contributed by atoms with Crippen LogP contribution in [0.2, 0.25) is 0 Å². The van der Waals surface area contributed by atoms with E-state index in [2.05, 4.69) is 9.89 Å². The van der Waals surface area contributed by atoms with Gasteiger partial charge in [0.05, 0.1) is 6.61 Å². The number of aliphatic imine (C=N–C) groups is 1. The summed E-state index contributed by atoms with van der Waals surface area (Å²) >= 11 is 0. The second-order valence-electron chi connectivity index (χ2n) is 6.45. The molecule has 2 aliphatic rings. The largest absolute Gasteiger partial charge is 0.444 e. The molecule has 6 nitrogen and oxygen atoms in total. The molecule has 118 valence electrons. The van der Waals surface area contributed by atoms with E-state index in [9.17, 15) is 9.90 Å². The number of carbonyl (C=O) groups excluding carboxylic acids is 1. The van der Waals surface area contributed by atoms with Crippen LogP contribution in [-0.2, 0) is 4.74 Å². The number of rotatable bonds is 2. The summed E-state index contributed by atoms with van der Waals surface area (Å²) in [5.41, 5.74) is -0.464. The van der Waals surface area contributed by atoms with Crippen LogP contribution in [0, 0.1) is 5.92 Å². The maximum Gasteiger partial charge on any atom is 0.410 e. The van der Waals surface area contributed by atoms with Gasteiger partial charge >= 0.3 is 6.09 Å². The molecule has 2 unspecified atom stereocenters. The number of dihydropyridines is 1. The first kappa shape index (κ1) is 16.0. The van der Waals surface area contributed by atoms with Crippen molar-refractivity contribution in [3.05, 3.63) is 12.2 Å². The Balaban J connectivity index is 1.87. The van der Waals surface area contributed by atoms with Crippen molar-refractivity contribution in [1.29, 1.82) is 0 Å². The van der Waals surface area contributed by atoms with Gasteiger partial charge in [0.2, 0.25) is 0 Å². The first-order chi connectivity index (χ1) is 9.90. The third-order valence-electron chi connectivity index (χ3n) is 3.62. The van der Waals surface area contributed by atoms with Crippen LogP contribution in [0.25, 0.3) is 0 Å². The minimum absolute atomic E-state index is 0.0270. The molecule has 0 saturated carbocycles. The van der Waals surface area contributed by atoms with Crippen LogP contribution >= 0.6 is 0 Å². The molecule has 2 aliphatic heterocycles. The lowest BCUT2D eigenvalue weighted by Crippen LogP contribution is -2.54. The minimum atomic E-state index is -0.464. The number of ether oxygens (including phenoxy) is 1. The van der Waals surface area contributed by atoms with Crippen LogP contribution in [0.4, 0.5) is 4.79 Å². The molecule has 1 saturated heterocycles. The Morgan fingerprint density at radius 1 is 1.33 bits per heavy atom. The van der Waals surface area contributed by atoms with E-state index >= 15 is 0 Å². The van der Waals surface area contributed by atoms with Gasteiger partial charge in [-0.05, 0) is 26.8 Å². The van der Waals surface area contributed by atoms with Crippen molar-refractivity contribution in [2.75, 3.05) is 32.8 Å². The Labute approximate surface area is 126 Å². The van der Waals surface area contributed by atoms with Gasteiger partial charge in [0, 0.05) is 38.3 Å². The second kappa shape index (κ2) is 6.58. The third kappa shape index (κ3) is 4.28. The number of piperazine rings is 1. The number of carbonyl (C=O) groups is 1. The number of hydrogen-bond acceptors (Lipinski definition) is 5. The van der Waals surface area contributed by atoms with Gasteiger partial charge in [-0.25, -0.2) is 4.79 Å². The summed E-state index contributed by atoms with van der Waals surface area (Å²) in [6.45, 7) is 8.44. The molecule has 0 spiro atoms. The van der Waals surface area contributed by atoms with E-state index in [-0.39, 0.29) is 24.8 Å². The van der Waals surface area contributed by atoms with Crippen molar-refractivity contribution in [3.8, 4) is 0 Å². The summed E-state index contributed by atoms with van der Waals surface area (Å²) < 4.78 is 5.39. The zero-order valence-electron chi connectivity index (χ0n) is 13.0. The van der Waals surface area contributed by atoms with E-state index < -0.39 is 5.60 Å². The fourth-order valence-corrected chi connectivity index (χ4v) is 2.56. The zero-order valence-corrected chi connectivity index (χ0v) is 13.0. The van der Waals surface area contributed by atoms with Crippen molar-refractivity contribution < 1.29 is 14.6 Å². The number of nitrogens with zero attached hydrogens (tertiary/aromatic N) is 3. The highest BCUT2D eigenvalue weighted by Gasteiger charge is 2.31. The molecule has 1 N–H and O–H groups in total. The normalized spacial score (nSPS) is 27.0. The molecule has 0 radical (unpaired) electrons. The average molecular weight is 295 g/mol. The van der Waals surface area contributed by atoms with Gasteiger partial charge < -0.3 is 14.7 Å². The van der Waals surface area contributed by atoms with E-state index in [1.54, 1.807) is 11.1 Å². The van der Waals surface area contributed by atoms with Crippen LogP contribution in [0.3, 0.4) is 0 Å². The molecular weight excluding hydrogens is 270 g/mol. The fourth-order valence-electron chi connectivity index (χ4n) is 2.56. The number of allylic oxidation sites excluding steroid dienone is 1. The first-order valence-electron chi connectivity index (χ1n) is 7.43. The molecule has 0 aromatic heterocycles. The molecule has 1 fully saturated rings. The summed E-state index contributed by atoms with van der Waals surface area (Å²) in [5, 5.41) is 9.42. The van der Waals surface area contributed by atoms with Crippen molar-refractivity contribution in [3.63, 3.8) is 0 Å². The number of aliphatic hydroxyl groups excluding tert-OH is 1. The molecule has 0 bridgehead atoms. The smallest absolute Gasteiger partial charge is 0.410 e. The van der Waals surface area contributed by atoms with E-state index in [0.717, 1.165) is 13.1 Å². The summed E-state index contributed by atoms with van der Waals surface area (Å²) in [6, 6.07) is 0. The SMILES string of the molecule is CC(C)(C)OC(=O)N1CCN(C2N=CC=CC2CO)CC1. The lowest BCUT2D eigenvalue weighted by atomic mass is 10.0. The van der Waals surface area contributed by atoms with Crippen LogP contribution in [0.15, 0.2) is 17.1 Å². The van der Waals surface area contributed by atoms with Gasteiger partial charge in [-0.3, -0.25) is 9.89 Å². The van der Waals surface area contributed by atoms with Crippen LogP contribution in [0.5, 0.6) is 0 Å². The van der Waals surface area contributed by atoms with Gasteiger partial charge in [0.15, 0.2) is 0 Å². The van der Waals surface area contributed by atoms with Gasteiger partial charge in [-0.1, -0.05) is 6.08 Å². The maximum absolute atomic E-state index is 12.0. The van der Waals surface area contributed by atoms with Crippen LogP contribution in [-0.4, -0.2) is 71.8 Å². The van der Waals surface area contributed by atoms with E-state index in [4.69, 9.17) is 4.74 Å². The fraction of sp³-hybridized carbons (Fsp3) is 0.733. The predicted octanol–water partition coefficient (Wildman–Crippen LogP) is 1.11. The molecule has 0 aromatic carbocycles. The van der Waals surface area contributed by atoms with Crippen molar-refractivity contribution >= 4 is 12.3 Å². The second-order valence-corrected chi connectivity index (χ2v) is 6.45. The molecule has 6 heteroatoms.